The third kappa shape index (κ3) is 3.28. The van der Waals surface area contributed by atoms with Crippen LogP contribution in [0.1, 0.15) is 39.8 Å². The van der Waals surface area contributed by atoms with Gasteiger partial charge in [-0.05, 0) is 36.6 Å². The number of nitrogens with one attached hydrogen (secondary N) is 1. The molecule has 0 bridgehead atoms. The van der Waals surface area contributed by atoms with E-state index >= 15 is 0 Å². The topological polar surface area (TPSA) is 54.5 Å². The fourth-order valence-corrected chi connectivity index (χ4v) is 2.82. The Labute approximate surface area is 134 Å². The summed E-state index contributed by atoms with van der Waals surface area (Å²) in [6, 6.07) is 8.14. The molecule has 0 unspecified atom stereocenters. The molecule has 0 spiro atoms. The molecule has 1 atom stereocenters. The average molecular weight is 310 g/mol. The maximum Gasteiger partial charge on any atom is 0.159 e. The van der Waals surface area contributed by atoms with Crippen molar-refractivity contribution in [1.29, 1.82) is 0 Å². The van der Waals surface area contributed by atoms with Gasteiger partial charge in [-0.1, -0.05) is 18.2 Å². The second kappa shape index (κ2) is 6.69. The zero-order chi connectivity index (χ0) is 16.2. The third-order valence-corrected chi connectivity index (χ3v) is 4.21. The predicted molar refractivity (Wildman–Crippen MR) is 86.9 cm³/mol. The van der Waals surface area contributed by atoms with Crippen molar-refractivity contribution in [2.24, 2.45) is 0 Å². The Morgan fingerprint density at radius 1 is 1.22 bits per heavy atom. The van der Waals surface area contributed by atoms with Crippen LogP contribution in [-0.2, 0) is 13.1 Å². The molecule has 1 N–H and O–H groups in total. The monoisotopic (exact) mass is 310 g/mol. The number of H-pyrrole nitrogens is 1. The molecular formula is C18H19FN4. The summed E-state index contributed by atoms with van der Waals surface area (Å²) in [6.45, 7) is 3.59. The van der Waals surface area contributed by atoms with Gasteiger partial charge in [0.25, 0.3) is 0 Å². The second-order valence-electron chi connectivity index (χ2n) is 5.65. The number of nitrogens with zero attached hydrogens (tertiary/aromatic N) is 3. The molecule has 23 heavy (non-hydrogen) atoms. The van der Waals surface area contributed by atoms with E-state index in [1.165, 1.54) is 16.7 Å². The van der Waals surface area contributed by atoms with Crippen LogP contribution >= 0.6 is 0 Å². The first-order valence-corrected chi connectivity index (χ1v) is 7.60. The lowest BCUT2D eigenvalue weighted by atomic mass is 9.87. The van der Waals surface area contributed by atoms with Crippen molar-refractivity contribution in [2.75, 3.05) is 0 Å². The standard InChI is InChI=1S/C18H19FN4/c1-12-4-3-5-15(13(12)2)16(17-10-20-11-22-17)8-14-6-7-21-18(9-19)23-14/h3-7,10-11,16H,8-9H2,1-2H3,(H,20,22)/t16-/m1/s1. The Kier molecular flexibility index (Phi) is 4.46. The number of alkyl halides is 1. The molecule has 0 aliphatic carbocycles. The Bertz CT molecular complexity index is 783. The van der Waals surface area contributed by atoms with Crippen molar-refractivity contribution in [3.05, 3.63) is 76.9 Å². The van der Waals surface area contributed by atoms with E-state index < -0.39 is 6.67 Å². The van der Waals surface area contributed by atoms with Gasteiger partial charge in [-0.15, -0.1) is 0 Å². The summed E-state index contributed by atoms with van der Waals surface area (Å²) in [5.74, 6) is 0.326. The van der Waals surface area contributed by atoms with Gasteiger partial charge in [-0.2, -0.15) is 0 Å². The van der Waals surface area contributed by atoms with E-state index in [4.69, 9.17) is 0 Å². The molecule has 0 fully saturated rings. The quantitative estimate of drug-likeness (QED) is 0.782. The predicted octanol–water partition coefficient (Wildman–Crippen LogP) is 3.66. The lowest BCUT2D eigenvalue weighted by Crippen LogP contribution is -2.10. The van der Waals surface area contributed by atoms with Gasteiger partial charge in [0, 0.05) is 36.1 Å². The zero-order valence-corrected chi connectivity index (χ0v) is 13.3. The Morgan fingerprint density at radius 3 is 2.83 bits per heavy atom. The highest BCUT2D eigenvalue weighted by Gasteiger charge is 2.19. The van der Waals surface area contributed by atoms with E-state index in [1.807, 2.05) is 12.3 Å². The van der Waals surface area contributed by atoms with Crippen molar-refractivity contribution in [1.82, 2.24) is 19.9 Å². The van der Waals surface area contributed by atoms with E-state index in [2.05, 4.69) is 52.0 Å². The summed E-state index contributed by atoms with van der Waals surface area (Å²) in [5, 5.41) is 0. The SMILES string of the molecule is Cc1cccc([C@@H](Cc2ccnc(CF)n2)c2cnc[nH]2)c1C. The van der Waals surface area contributed by atoms with Crippen LogP contribution in [0.25, 0.3) is 0 Å². The number of halogens is 1. The van der Waals surface area contributed by atoms with Crippen LogP contribution in [0.15, 0.2) is 43.0 Å². The van der Waals surface area contributed by atoms with Crippen LogP contribution in [-0.4, -0.2) is 19.9 Å². The Balaban J connectivity index is 2.01. The highest BCUT2D eigenvalue weighted by molar-refractivity contribution is 5.40. The van der Waals surface area contributed by atoms with E-state index in [0.29, 0.717) is 6.42 Å². The summed E-state index contributed by atoms with van der Waals surface area (Å²) >= 11 is 0. The van der Waals surface area contributed by atoms with Crippen molar-refractivity contribution in [3.63, 3.8) is 0 Å². The summed E-state index contributed by atoms with van der Waals surface area (Å²) in [7, 11) is 0. The molecule has 2 heterocycles. The molecule has 5 heteroatoms. The van der Waals surface area contributed by atoms with Crippen molar-refractivity contribution in [2.45, 2.75) is 32.9 Å². The van der Waals surface area contributed by atoms with Gasteiger partial charge in [0.15, 0.2) is 5.82 Å². The number of aryl methyl sites for hydroxylation is 1. The second-order valence-corrected chi connectivity index (χ2v) is 5.65. The minimum absolute atomic E-state index is 0.0970. The van der Waals surface area contributed by atoms with Crippen LogP contribution < -0.4 is 0 Å². The number of imidazole rings is 1. The lowest BCUT2D eigenvalue weighted by molar-refractivity contribution is 0.463. The minimum Gasteiger partial charge on any atom is -0.348 e. The Hall–Kier alpha value is -2.56. The highest BCUT2D eigenvalue weighted by atomic mass is 19.1. The van der Waals surface area contributed by atoms with Gasteiger partial charge in [-0.25, -0.2) is 19.3 Å². The maximum absolute atomic E-state index is 12.8. The van der Waals surface area contributed by atoms with Gasteiger partial charge in [0.2, 0.25) is 0 Å². The molecule has 0 saturated carbocycles. The summed E-state index contributed by atoms with van der Waals surface area (Å²) in [4.78, 5) is 15.6. The molecule has 0 aliphatic heterocycles. The van der Waals surface area contributed by atoms with Crippen LogP contribution in [0.2, 0.25) is 0 Å². The van der Waals surface area contributed by atoms with Crippen LogP contribution in [0.5, 0.6) is 0 Å². The van der Waals surface area contributed by atoms with Gasteiger partial charge in [0.1, 0.15) is 6.67 Å². The van der Waals surface area contributed by atoms with Gasteiger partial charge >= 0.3 is 0 Å². The summed E-state index contributed by atoms with van der Waals surface area (Å²) in [5.41, 5.74) is 5.59. The van der Waals surface area contributed by atoms with Crippen LogP contribution in [0.3, 0.4) is 0 Å². The highest BCUT2D eigenvalue weighted by Crippen LogP contribution is 2.30. The number of rotatable bonds is 5. The number of hydrogen-bond donors (Lipinski definition) is 1. The number of hydrogen-bond acceptors (Lipinski definition) is 3. The molecule has 1 aromatic carbocycles. The zero-order valence-electron chi connectivity index (χ0n) is 13.3. The van der Waals surface area contributed by atoms with E-state index in [1.54, 1.807) is 12.5 Å². The van der Waals surface area contributed by atoms with Gasteiger partial charge < -0.3 is 4.98 Å². The molecular weight excluding hydrogens is 291 g/mol. The normalized spacial score (nSPS) is 12.3. The van der Waals surface area contributed by atoms with E-state index in [0.717, 1.165) is 11.4 Å². The maximum atomic E-state index is 12.8. The van der Waals surface area contributed by atoms with Crippen molar-refractivity contribution >= 4 is 0 Å². The molecule has 0 amide bonds. The fraction of sp³-hybridized carbons (Fsp3) is 0.278. The van der Waals surface area contributed by atoms with Gasteiger partial charge in [-0.3, -0.25) is 0 Å². The molecule has 3 rings (SSSR count). The van der Waals surface area contributed by atoms with Gasteiger partial charge in [0.05, 0.1) is 6.33 Å². The Morgan fingerprint density at radius 2 is 2.09 bits per heavy atom. The first kappa shape index (κ1) is 15.3. The molecule has 2 aromatic heterocycles. The van der Waals surface area contributed by atoms with Crippen molar-refractivity contribution < 1.29 is 4.39 Å². The fourth-order valence-electron chi connectivity index (χ4n) is 2.82. The smallest absolute Gasteiger partial charge is 0.159 e. The van der Waals surface area contributed by atoms with Crippen LogP contribution in [0, 0.1) is 13.8 Å². The average Bonchev–Trinajstić information content (AvgIpc) is 3.10. The largest absolute Gasteiger partial charge is 0.348 e. The van der Waals surface area contributed by atoms with Crippen LogP contribution in [0.4, 0.5) is 4.39 Å². The first-order valence-electron chi connectivity index (χ1n) is 7.60. The number of aromatic nitrogens is 4. The third-order valence-electron chi connectivity index (χ3n) is 4.21. The lowest BCUT2D eigenvalue weighted by Gasteiger charge is -2.19. The summed E-state index contributed by atoms with van der Waals surface area (Å²) < 4.78 is 12.8. The molecule has 0 radical (unpaired) electrons. The minimum atomic E-state index is -0.647. The first-order chi connectivity index (χ1) is 11.2. The number of aromatic amines is 1. The molecule has 4 nitrogen and oxygen atoms in total. The van der Waals surface area contributed by atoms with Crippen molar-refractivity contribution in [3.8, 4) is 0 Å². The molecule has 118 valence electrons. The molecule has 0 aliphatic rings. The molecule has 0 saturated heterocycles. The van der Waals surface area contributed by atoms with E-state index in [-0.39, 0.29) is 11.7 Å². The summed E-state index contributed by atoms with van der Waals surface area (Å²) in [6.07, 6.45) is 5.80. The van der Waals surface area contributed by atoms with E-state index in [9.17, 15) is 4.39 Å². The molecule has 3 aromatic rings. The number of benzene rings is 1.